The Morgan fingerprint density at radius 3 is 1.94 bits per heavy atom. The van der Waals surface area contributed by atoms with Crippen molar-refractivity contribution in [2.24, 2.45) is 5.92 Å². The molecule has 1 fully saturated rings. The van der Waals surface area contributed by atoms with Gasteiger partial charge in [-0.15, -0.1) is 0 Å². The fourth-order valence-electron chi connectivity index (χ4n) is 1.92. The van der Waals surface area contributed by atoms with Gasteiger partial charge in [0, 0.05) is 25.7 Å². The van der Waals surface area contributed by atoms with Gasteiger partial charge in [0.2, 0.25) is 0 Å². The summed E-state index contributed by atoms with van der Waals surface area (Å²) in [5, 5.41) is 0. The molecule has 0 N–H and O–H groups in total. The molecule has 18 heavy (non-hydrogen) atoms. The van der Waals surface area contributed by atoms with E-state index in [1.807, 2.05) is 27.7 Å². The van der Waals surface area contributed by atoms with Crippen LogP contribution in [0.2, 0.25) is 0 Å². The van der Waals surface area contributed by atoms with E-state index < -0.39 is 14.6 Å². The molecule has 108 valence electrons. The molecule has 0 bridgehead atoms. The first-order chi connectivity index (χ1) is 8.52. The minimum Gasteiger partial charge on any atom is -0.378 e. The van der Waals surface area contributed by atoms with Crippen molar-refractivity contribution in [3.8, 4) is 0 Å². The number of ether oxygens (including phenoxy) is 1. The summed E-state index contributed by atoms with van der Waals surface area (Å²) < 4.78 is 28.8. The van der Waals surface area contributed by atoms with E-state index in [4.69, 9.17) is 22.4 Å². The third-order valence-corrected chi connectivity index (χ3v) is 5.76. The molecule has 5 nitrogen and oxygen atoms in total. The molecule has 1 heterocycles. The van der Waals surface area contributed by atoms with Gasteiger partial charge in [-0.05, 0) is 27.7 Å². The molecule has 0 unspecified atom stereocenters. The minimum atomic E-state index is -3.05. The average Bonchev–Trinajstić information content (AvgIpc) is 2.60. The smallest absolute Gasteiger partial charge is 0.378 e. The van der Waals surface area contributed by atoms with Gasteiger partial charge in [-0.3, -0.25) is 0 Å². The van der Waals surface area contributed by atoms with Gasteiger partial charge in [0.1, 0.15) is 0 Å². The van der Waals surface area contributed by atoms with Crippen molar-refractivity contribution in [2.75, 3.05) is 33.0 Å². The molecule has 0 spiro atoms. The summed E-state index contributed by atoms with van der Waals surface area (Å²) in [5.74, 6) is 0.297. The van der Waals surface area contributed by atoms with E-state index in [0.717, 1.165) is 0 Å². The molecule has 1 aliphatic heterocycles. The number of hydrogen-bond acceptors (Lipinski definition) is 5. The molecule has 0 aromatic carbocycles. The monoisotopic (exact) mass is 278 g/mol. The topological polar surface area (TPSA) is 46.2 Å². The van der Waals surface area contributed by atoms with Crippen LogP contribution in [0.5, 0.6) is 0 Å². The van der Waals surface area contributed by atoms with Gasteiger partial charge in [-0.1, -0.05) is 6.92 Å². The maximum atomic E-state index is 6.17. The van der Waals surface area contributed by atoms with Crippen molar-refractivity contribution >= 4 is 9.05 Å². The molecule has 1 rings (SSSR count). The van der Waals surface area contributed by atoms with Gasteiger partial charge < -0.3 is 22.4 Å². The predicted molar refractivity (Wildman–Crippen MR) is 70.1 cm³/mol. The summed E-state index contributed by atoms with van der Waals surface area (Å²) in [7, 11) is -3.05. The fourth-order valence-corrected chi connectivity index (χ4v) is 4.23. The molecule has 0 aromatic rings. The second-order valence-electron chi connectivity index (χ2n) is 4.63. The van der Waals surface area contributed by atoms with E-state index in [9.17, 15) is 0 Å². The van der Waals surface area contributed by atoms with E-state index in [1.165, 1.54) is 0 Å². The van der Waals surface area contributed by atoms with E-state index in [2.05, 4.69) is 6.92 Å². The van der Waals surface area contributed by atoms with E-state index in [1.54, 1.807) is 0 Å². The second-order valence-corrected chi connectivity index (χ2v) is 6.70. The molecule has 1 saturated heterocycles. The van der Waals surface area contributed by atoms with Gasteiger partial charge in [0.25, 0.3) is 0 Å². The zero-order valence-electron chi connectivity index (χ0n) is 12.2. The Hall–Kier alpha value is 0.0169. The van der Waals surface area contributed by atoms with Crippen LogP contribution < -0.4 is 0 Å². The maximum absolute atomic E-state index is 6.17. The van der Waals surface area contributed by atoms with Crippen molar-refractivity contribution in [3.63, 3.8) is 0 Å². The minimum absolute atomic E-state index is 0.297. The van der Waals surface area contributed by atoms with Crippen LogP contribution in [0.1, 0.15) is 34.6 Å². The molecule has 0 saturated carbocycles. The van der Waals surface area contributed by atoms with Crippen molar-refractivity contribution in [1.82, 2.24) is 0 Å². The summed E-state index contributed by atoms with van der Waals surface area (Å²) in [6.07, 6.45) is 0. The molecule has 0 aliphatic carbocycles. The van der Waals surface area contributed by atoms with Crippen LogP contribution in [0, 0.1) is 5.92 Å². The first kappa shape index (κ1) is 16.1. The molecule has 0 aromatic heterocycles. The highest BCUT2D eigenvalue weighted by atomic mass is 28.4. The lowest BCUT2D eigenvalue weighted by atomic mass is 9.95. The molecular weight excluding hydrogens is 252 g/mol. The number of rotatable bonds is 8. The van der Waals surface area contributed by atoms with Gasteiger partial charge in [-0.2, -0.15) is 0 Å². The molecule has 6 heteroatoms. The Kier molecular flexibility index (Phi) is 6.23. The lowest BCUT2D eigenvalue weighted by molar-refractivity contribution is -0.0947. The van der Waals surface area contributed by atoms with Crippen molar-refractivity contribution in [1.29, 1.82) is 0 Å². The summed E-state index contributed by atoms with van der Waals surface area (Å²) in [4.78, 5) is 0. The summed E-state index contributed by atoms with van der Waals surface area (Å²) in [6.45, 7) is 12.7. The third kappa shape index (κ3) is 3.75. The first-order valence-corrected chi connectivity index (χ1v) is 8.35. The Morgan fingerprint density at radius 2 is 1.61 bits per heavy atom. The lowest BCUT2D eigenvalue weighted by Gasteiger charge is -2.36. The van der Waals surface area contributed by atoms with Crippen LogP contribution in [-0.4, -0.2) is 47.7 Å². The highest BCUT2D eigenvalue weighted by molar-refractivity contribution is 6.53. The van der Waals surface area contributed by atoms with Crippen molar-refractivity contribution < 1.29 is 22.4 Å². The molecule has 2 atom stereocenters. The third-order valence-electron chi connectivity index (χ3n) is 3.12. The maximum Gasteiger partial charge on any atom is 0.680 e. The van der Waals surface area contributed by atoms with E-state index >= 15 is 0 Å². The Labute approximate surface area is 111 Å². The predicted octanol–water partition coefficient (Wildman–Crippen LogP) is 1.97. The van der Waals surface area contributed by atoms with Gasteiger partial charge in [0.05, 0.1) is 18.8 Å². The van der Waals surface area contributed by atoms with Gasteiger partial charge in [-0.25, -0.2) is 0 Å². The van der Waals surface area contributed by atoms with Crippen LogP contribution in [0.3, 0.4) is 0 Å². The molecule has 0 radical (unpaired) electrons. The Balaban J connectivity index is 2.81. The van der Waals surface area contributed by atoms with Crippen molar-refractivity contribution in [3.05, 3.63) is 0 Å². The summed E-state index contributed by atoms with van der Waals surface area (Å²) >= 11 is 0. The van der Waals surface area contributed by atoms with E-state index in [0.29, 0.717) is 39.0 Å². The second kappa shape index (κ2) is 6.98. The van der Waals surface area contributed by atoms with Crippen LogP contribution in [0.4, 0.5) is 0 Å². The lowest BCUT2D eigenvalue weighted by Crippen LogP contribution is -2.56. The van der Waals surface area contributed by atoms with Gasteiger partial charge >= 0.3 is 9.05 Å². The van der Waals surface area contributed by atoms with E-state index in [-0.39, 0.29) is 0 Å². The van der Waals surface area contributed by atoms with Crippen molar-refractivity contribution in [2.45, 2.75) is 40.2 Å². The quantitative estimate of drug-likeness (QED) is 0.635. The average molecular weight is 278 g/mol. The zero-order valence-corrected chi connectivity index (χ0v) is 13.2. The standard InChI is InChI=1S/C12H26O5Si/c1-6-14-18(15-7-2,16-8-3)17-12(5)10-13-9-11(12)4/h11H,6-10H2,1-5H3/t11-,12+/m0/s1. The molecule has 1 aliphatic rings. The Bertz CT molecular complexity index is 234. The summed E-state index contributed by atoms with van der Waals surface area (Å²) in [6, 6.07) is 0. The SMILES string of the molecule is CCO[Si](OCC)(OCC)O[C@]1(C)COC[C@@H]1C. The van der Waals surface area contributed by atoms with Crippen LogP contribution in [0.25, 0.3) is 0 Å². The van der Waals surface area contributed by atoms with Crippen LogP contribution in [0.15, 0.2) is 0 Å². The summed E-state index contributed by atoms with van der Waals surface area (Å²) in [5.41, 5.74) is -0.397. The Morgan fingerprint density at radius 1 is 1.11 bits per heavy atom. The highest BCUT2D eigenvalue weighted by Crippen LogP contribution is 2.32. The highest BCUT2D eigenvalue weighted by Gasteiger charge is 2.53. The first-order valence-electron chi connectivity index (χ1n) is 6.71. The van der Waals surface area contributed by atoms with Crippen LogP contribution in [-0.2, 0) is 22.4 Å². The van der Waals surface area contributed by atoms with Gasteiger partial charge in [0.15, 0.2) is 0 Å². The normalized spacial score (nSPS) is 28.8. The molecule has 0 amide bonds. The number of hydrogen-bond donors (Lipinski definition) is 0. The van der Waals surface area contributed by atoms with Crippen LogP contribution >= 0.6 is 0 Å². The fraction of sp³-hybridized carbons (Fsp3) is 1.00. The largest absolute Gasteiger partial charge is 0.680 e. The zero-order chi connectivity index (χ0) is 13.6. The molecular formula is C12H26O5Si.